The molecule has 0 radical (unpaired) electrons. The molecule has 1 N–H and O–H groups in total. The van der Waals surface area contributed by atoms with Gasteiger partial charge in [0, 0.05) is 18.8 Å². The molecule has 23 heavy (non-hydrogen) atoms. The van der Waals surface area contributed by atoms with Gasteiger partial charge in [-0.25, -0.2) is 0 Å². The van der Waals surface area contributed by atoms with Gasteiger partial charge >= 0.3 is 0 Å². The fourth-order valence-corrected chi connectivity index (χ4v) is 3.03. The van der Waals surface area contributed by atoms with Crippen LogP contribution in [-0.2, 0) is 4.79 Å². The molecule has 122 valence electrons. The topological polar surface area (TPSA) is 56.1 Å². The van der Waals surface area contributed by atoms with E-state index in [9.17, 15) is 10.1 Å². The van der Waals surface area contributed by atoms with Crippen LogP contribution >= 0.6 is 0 Å². The van der Waals surface area contributed by atoms with Crippen LogP contribution in [0.2, 0.25) is 0 Å². The van der Waals surface area contributed by atoms with E-state index in [1.807, 2.05) is 37.3 Å². The molecular formula is C19H25N3O. The Kier molecular flexibility index (Phi) is 6.22. The zero-order valence-electron chi connectivity index (χ0n) is 14.0. The summed E-state index contributed by atoms with van der Waals surface area (Å²) in [6.45, 7) is 5.00. The first-order valence-electron chi connectivity index (χ1n) is 8.39. The van der Waals surface area contributed by atoms with Gasteiger partial charge in [0.25, 0.3) is 5.91 Å². The lowest BCUT2D eigenvalue weighted by Gasteiger charge is -2.34. The van der Waals surface area contributed by atoms with Crippen LogP contribution in [-0.4, -0.2) is 23.4 Å². The quantitative estimate of drug-likeness (QED) is 0.668. The third-order valence-electron chi connectivity index (χ3n) is 4.45. The van der Waals surface area contributed by atoms with Gasteiger partial charge in [0.1, 0.15) is 11.6 Å². The van der Waals surface area contributed by atoms with Crippen molar-refractivity contribution in [2.75, 3.05) is 6.54 Å². The fraction of sp³-hybridized carbons (Fsp3) is 0.474. The van der Waals surface area contributed by atoms with E-state index in [4.69, 9.17) is 0 Å². The van der Waals surface area contributed by atoms with Crippen LogP contribution in [0.4, 0.5) is 0 Å². The molecular weight excluding hydrogens is 286 g/mol. The molecule has 4 heteroatoms. The number of hydrogen-bond acceptors (Lipinski definition) is 3. The van der Waals surface area contributed by atoms with Crippen molar-refractivity contribution in [3.8, 4) is 6.07 Å². The summed E-state index contributed by atoms with van der Waals surface area (Å²) in [5, 5.41) is 12.3. The normalized spacial score (nSPS) is 19.8. The first-order valence-corrected chi connectivity index (χ1v) is 8.39. The highest BCUT2D eigenvalue weighted by atomic mass is 16.1. The van der Waals surface area contributed by atoms with E-state index in [0.717, 1.165) is 31.4 Å². The number of nitriles is 1. The van der Waals surface area contributed by atoms with Gasteiger partial charge in [0.05, 0.1) is 6.04 Å². The predicted molar refractivity (Wildman–Crippen MR) is 91.3 cm³/mol. The lowest BCUT2D eigenvalue weighted by Crippen LogP contribution is -2.36. The molecule has 1 aliphatic rings. The Hall–Kier alpha value is -2.28. The molecule has 2 unspecified atom stereocenters. The molecule has 0 aromatic heterocycles. The van der Waals surface area contributed by atoms with Gasteiger partial charge < -0.3 is 10.2 Å². The minimum absolute atomic E-state index is 0.122. The highest BCUT2D eigenvalue weighted by Crippen LogP contribution is 2.21. The maximum Gasteiger partial charge on any atom is 0.263 e. The minimum atomic E-state index is -0.302. The van der Waals surface area contributed by atoms with E-state index in [-0.39, 0.29) is 17.5 Å². The van der Waals surface area contributed by atoms with Crippen molar-refractivity contribution in [3.05, 3.63) is 47.7 Å². The van der Waals surface area contributed by atoms with E-state index >= 15 is 0 Å². The van der Waals surface area contributed by atoms with E-state index in [1.54, 1.807) is 6.20 Å². The first-order chi connectivity index (χ1) is 11.2. The number of rotatable bonds is 5. The number of benzene rings is 1. The van der Waals surface area contributed by atoms with Crippen molar-refractivity contribution in [1.82, 2.24) is 10.2 Å². The summed E-state index contributed by atoms with van der Waals surface area (Å²) in [5.41, 5.74) is 1.22. The molecule has 0 saturated carbocycles. The summed E-state index contributed by atoms with van der Waals surface area (Å²) < 4.78 is 0. The van der Waals surface area contributed by atoms with Crippen LogP contribution < -0.4 is 5.32 Å². The predicted octanol–water partition coefficient (Wildman–Crippen LogP) is 3.54. The number of carbonyl (C=O) groups excluding carboxylic acids is 1. The van der Waals surface area contributed by atoms with Crippen molar-refractivity contribution in [1.29, 1.82) is 5.26 Å². The summed E-state index contributed by atoms with van der Waals surface area (Å²) in [6, 6.07) is 12.1. The maximum atomic E-state index is 12.4. The molecule has 4 nitrogen and oxygen atoms in total. The third-order valence-corrected chi connectivity index (χ3v) is 4.45. The Balaban J connectivity index is 2.06. The SMILES string of the molecule is CCC1CCCCN1/C=C(/C#N)C(=O)NC(C)c1ccccc1. The largest absolute Gasteiger partial charge is 0.373 e. The van der Waals surface area contributed by atoms with Crippen LogP contribution in [0.15, 0.2) is 42.1 Å². The summed E-state index contributed by atoms with van der Waals surface area (Å²) >= 11 is 0. The molecule has 0 bridgehead atoms. The van der Waals surface area contributed by atoms with Crippen LogP contribution in [0, 0.1) is 11.3 Å². The Labute approximate surface area is 138 Å². The van der Waals surface area contributed by atoms with E-state index in [1.165, 1.54) is 6.42 Å². The first kappa shape index (κ1) is 17.1. The Morgan fingerprint density at radius 2 is 2.17 bits per heavy atom. The zero-order chi connectivity index (χ0) is 16.7. The van der Waals surface area contributed by atoms with Crippen LogP contribution in [0.5, 0.6) is 0 Å². The van der Waals surface area contributed by atoms with Crippen molar-refractivity contribution in [2.24, 2.45) is 0 Å². The van der Waals surface area contributed by atoms with Gasteiger partial charge in [-0.1, -0.05) is 37.3 Å². The molecule has 1 aromatic carbocycles. The summed E-state index contributed by atoms with van der Waals surface area (Å²) in [4.78, 5) is 14.6. The smallest absolute Gasteiger partial charge is 0.263 e. The monoisotopic (exact) mass is 311 g/mol. The van der Waals surface area contributed by atoms with Crippen molar-refractivity contribution >= 4 is 5.91 Å². The van der Waals surface area contributed by atoms with Crippen molar-refractivity contribution < 1.29 is 4.79 Å². The van der Waals surface area contributed by atoms with Crippen LogP contribution in [0.3, 0.4) is 0 Å². The van der Waals surface area contributed by atoms with Gasteiger partial charge in [0.2, 0.25) is 0 Å². The fourth-order valence-electron chi connectivity index (χ4n) is 3.03. The second-order valence-corrected chi connectivity index (χ2v) is 6.06. The Morgan fingerprint density at radius 1 is 1.43 bits per heavy atom. The lowest BCUT2D eigenvalue weighted by molar-refractivity contribution is -0.117. The number of likely N-dealkylation sites (tertiary alicyclic amines) is 1. The van der Waals surface area contributed by atoms with Crippen molar-refractivity contribution in [2.45, 2.75) is 51.6 Å². The number of hydrogen-bond donors (Lipinski definition) is 1. The Bertz CT molecular complexity index is 588. The second-order valence-electron chi connectivity index (χ2n) is 6.06. The number of nitrogens with zero attached hydrogens (tertiary/aromatic N) is 2. The highest BCUT2D eigenvalue weighted by Gasteiger charge is 2.21. The van der Waals surface area contributed by atoms with Crippen LogP contribution in [0.1, 0.15) is 51.1 Å². The molecule has 1 saturated heterocycles. The summed E-state index contributed by atoms with van der Waals surface area (Å²) in [7, 11) is 0. The van der Waals surface area contributed by atoms with E-state index < -0.39 is 0 Å². The standard InChI is InChI=1S/C19H25N3O/c1-3-18-11-7-8-12-22(18)14-17(13-20)19(23)21-15(2)16-9-5-4-6-10-16/h4-6,9-10,14-15,18H,3,7-8,11-12H2,1-2H3,(H,21,23)/b17-14-. The van der Waals surface area contributed by atoms with Crippen LogP contribution in [0.25, 0.3) is 0 Å². The molecule has 1 amide bonds. The molecule has 0 spiro atoms. The lowest BCUT2D eigenvalue weighted by atomic mass is 10.0. The summed E-state index contributed by atoms with van der Waals surface area (Å²) in [6.07, 6.45) is 6.26. The van der Waals surface area contributed by atoms with Crippen molar-refractivity contribution in [3.63, 3.8) is 0 Å². The van der Waals surface area contributed by atoms with Gasteiger partial charge in [-0.15, -0.1) is 0 Å². The molecule has 2 atom stereocenters. The van der Waals surface area contributed by atoms with E-state index in [2.05, 4.69) is 23.2 Å². The second kappa shape index (κ2) is 8.38. The average Bonchev–Trinajstić information content (AvgIpc) is 2.60. The highest BCUT2D eigenvalue weighted by molar-refractivity contribution is 5.97. The zero-order valence-corrected chi connectivity index (χ0v) is 14.0. The maximum absolute atomic E-state index is 12.4. The Morgan fingerprint density at radius 3 is 2.83 bits per heavy atom. The number of amides is 1. The molecule has 1 aromatic rings. The average molecular weight is 311 g/mol. The summed E-state index contributed by atoms with van der Waals surface area (Å²) in [5.74, 6) is -0.302. The number of carbonyl (C=O) groups is 1. The third kappa shape index (κ3) is 4.59. The number of nitrogens with one attached hydrogen (secondary N) is 1. The minimum Gasteiger partial charge on any atom is -0.373 e. The van der Waals surface area contributed by atoms with Gasteiger partial charge in [-0.3, -0.25) is 4.79 Å². The molecule has 0 aliphatic carbocycles. The van der Waals surface area contributed by atoms with E-state index in [0.29, 0.717) is 6.04 Å². The molecule has 1 heterocycles. The van der Waals surface area contributed by atoms with Gasteiger partial charge in [-0.2, -0.15) is 5.26 Å². The molecule has 1 aliphatic heterocycles. The number of piperidine rings is 1. The van der Waals surface area contributed by atoms with Gasteiger partial charge in [-0.05, 0) is 38.2 Å². The molecule has 1 fully saturated rings. The molecule has 2 rings (SSSR count). The van der Waals surface area contributed by atoms with Gasteiger partial charge in [0.15, 0.2) is 0 Å².